The zero-order valence-corrected chi connectivity index (χ0v) is 19.4. The number of hydrogen-bond acceptors (Lipinski definition) is 4. The van der Waals surface area contributed by atoms with E-state index < -0.39 is 17.9 Å². The van der Waals surface area contributed by atoms with Crippen molar-refractivity contribution in [2.45, 2.75) is 38.0 Å². The first-order valence-corrected chi connectivity index (χ1v) is 11.8. The number of halogens is 2. The van der Waals surface area contributed by atoms with Gasteiger partial charge in [0.25, 0.3) is 5.91 Å². The molecule has 2 aliphatic rings. The Balaban J connectivity index is 1.50. The fourth-order valence-electron chi connectivity index (χ4n) is 4.72. The molecule has 1 N–H and O–H groups in total. The van der Waals surface area contributed by atoms with Gasteiger partial charge in [0, 0.05) is 42.3 Å². The van der Waals surface area contributed by atoms with Crippen LogP contribution in [0.25, 0.3) is 0 Å². The number of carbonyl (C=O) groups is 2. The van der Waals surface area contributed by atoms with E-state index in [-0.39, 0.29) is 24.5 Å². The van der Waals surface area contributed by atoms with Crippen molar-refractivity contribution in [2.24, 2.45) is 0 Å². The second kappa shape index (κ2) is 10.6. The van der Waals surface area contributed by atoms with Gasteiger partial charge in [-0.25, -0.2) is 4.39 Å². The van der Waals surface area contributed by atoms with Gasteiger partial charge in [-0.2, -0.15) is 0 Å². The molecule has 0 aliphatic carbocycles. The van der Waals surface area contributed by atoms with Crippen LogP contribution < -0.4 is 5.32 Å². The summed E-state index contributed by atoms with van der Waals surface area (Å²) in [6, 6.07) is 12.6. The zero-order valence-electron chi connectivity index (χ0n) is 18.7. The monoisotopic (exact) mass is 473 g/mol. The molecule has 2 fully saturated rings. The second-order valence-corrected chi connectivity index (χ2v) is 9.00. The molecule has 2 aliphatic heterocycles. The molecule has 2 heterocycles. The Hall–Kier alpha value is -2.48. The predicted molar refractivity (Wildman–Crippen MR) is 125 cm³/mol. The normalized spacial score (nSPS) is 22.2. The molecule has 4 rings (SSSR count). The minimum Gasteiger partial charge on any atom is -0.376 e. The third-order valence-corrected chi connectivity index (χ3v) is 6.68. The molecule has 2 aromatic carbocycles. The van der Waals surface area contributed by atoms with Crippen molar-refractivity contribution < 1.29 is 18.7 Å². The first-order chi connectivity index (χ1) is 16.0. The highest BCUT2D eigenvalue weighted by Crippen LogP contribution is 2.31. The van der Waals surface area contributed by atoms with Crippen LogP contribution in [0, 0.1) is 5.82 Å². The van der Waals surface area contributed by atoms with Crippen LogP contribution in [0.1, 0.15) is 41.7 Å². The fraction of sp³-hybridized carbons (Fsp3) is 0.440. The highest BCUT2D eigenvalue weighted by atomic mass is 35.5. The average Bonchev–Trinajstić information content (AvgIpc) is 3.31. The van der Waals surface area contributed by atoms with Gasteiger partial charge in [-0.1, -0.05) is 35.9 Å². The molecule has 0 saturated carbocycles. The molecule has 33 heavy (non-hydrogen) atoms. The SMILES string of the molecule is CC1CN(C(CNC(=O)C2CCCN2C(=O)c2ccccc2)c2c(F)cccc2Cl)CCO1. The molecule has 0 bridgehead atoms. The number of morpholine rings is 1. The second-order valence-electron chi connectivity index (χ2n) is 8.60. The van der Waals surface area contributed by atoms with E-state index in [9.17, 15) is 14.0 Å². The Morgan fingerprint density at radius 3 is 2.70 bits per heavy atom. The van der Waals surface area contributed by atoms with Crippen LogP contribution in [-0.4, -0.2) is 66.5 Å². The fourth-order valence-corrected chi connectivity index (χ4v) is 5.00. The summed E-state index contributed by atoms with van der Waals surface area (Å²) in [5.74, 6) is -0.776. The lowest BCUT2D eigenvalue weighted by atomic mass is 10.0. The molecule has 0 spiro atoms. The van der Waals surface area contributed by atoms with Crippen molar-refractivity contribution in [1.82, 2.24) is 15.1 Å². The number of carbonyl (C=O) groups excluding carboxylic acids is 2. The summed E-state index contributed by atoms with van der Waals surface area (Å²) >= 11 is 6.39. The minimum atomic E-state index is -0.543. The van der Waals surface area contributed by atoms with Gasteiger partial charge in [-0.05, 0) is 44.0 Å². The van der Waals surface area contributed by atoms with E-state index in [2.05, 4.69) is 10.2 Å². The first kappa shape index (κ1) is 23.7. The molecule has 2 aromatic rings. The predicted octanol–water partition coefficient (Wildman–Crippen LogP) is 3.66. The van der Waals surface area contributed by atoms with Gasteiger partial charge in [-0.3, -0.25) is 14.5 Å². The number of nitrogens with zero attached hydrogens (tertiary/aromatic N) is 2. The van der Waals surface area contributed by atoms with E-state index in [1.165, 1.54) is 6.07 Å². The van der Waals surface area contributed by atoms with Gasteiger partial charge >= 0.3 is 0 Å². The Labute approximate surface area is 198 Å². The molecule has 2 saturated heterocycles. The molecule has 0 aromatic heterocycles. The lowest BCUT2D eigenvalue weighted by Gasteiger charge is -2.38. The van der Waals surface area contributed by atoms with Gasteiger partial charge in [0.1, 0.15) is 11.9 Å². The van der Waals surface area contributed by atoms with Gasteiger partial charge < -0.3 is 15.0 Å². The quantitative estimate of drug-likeness (QED) is 0.695. The number of amides is 2. The number of rotatable bonds is 6. The zero-order chi connectivity index (χ0) is 23.4. The van der Waals surface area contributed by atoms with E-state index in [0.717, 1.165) is 6.42 Å². The topological polar surface area (TPSA) is 61.9 Å². The molecule has 3 unspecified atom stereocenters. The van der Waals surface area contributed by atoms with Gasteiger partial charge in [-0.15, -0.1) is 0 Å². The largest absolute Gasteiger partial charge is 0.376 e. The van der Waals surface area contributed by atoms with Crippen molar-refractivity contribution in [3.63, 3.8) is 0 Å². The maximum absolute atomic E-state index is 14.8. The van der Waals surface area contributed by atoms with Crippen LogP contribution in [0.15, 0.2) is 48.5 Å². The number of ether oxygens (including phenoxy) is 1. The third kappa shape index (κ3) is 5.37. The summed E-state index contributed by atoms with van der Waals surface area (Å²) in [7, 11) is 0. The number of likely N-dealkylation sites (tertiary alicyclic amines) is 1. The van der Waals surface area contributed by atoms with Crippen molar-refractivity contribution in [3.8, 4) is 0 Å². The Morgan fingerprint density at radius 2 is 1.97 bits per heavy atom. The molecule has 6 nitrogen and oxygen atoms in total. The van der Waals surface area contributed by atoms with E-state index in [0.29, 0.717) is 48.8 Å². The van der Waals surface area contributed by atoms with Crippen LogP contribution in [0.4, 0.5) is 4.39 Å². The number of nitrogens with one attached hydrogen (secondary N) is 1. The van der Waals surface area contributed by atoms with Gasteiger partial charge in [0.15, 0.2) is 0 Å². The lowest BCUT2D eigenvalue weighted by molar-refractivity contribution is -0.125. The molecule has 0 radical (unpaired) electrons. The first-order valence-electron chi connectivity index (χ1n) is 11.4. The average molecular weight is 474 g/mol. The van der Waals surface area contributed by atoms with Crippen molar-refractivity contribution in [1.29, 1.82) is 0 Å². The highest BCUT2D eigenvalue weighted by molar-refractivity contribution is 6.31. The molecule has 176 valence electrons. The summed E-state index contributed by atoms with van der Waals surface area (Å²) in [4.78, 5) is 29.8. The van der Waals surface area contributed by atoms with Crippen LogP contribution in [0.3, 0.4) is 0 Å². The summed E-state index contributed by atoms with van der Waals surface area (Å²) in [6.07, 6.45) is 1.36. The van der Waals surface area contributed by atoms with Gasteiger partial charge in [0.05, 0.1) is 18.8 Å². The van der Waals surface area contributed by atoms with E-state index >= 15 is 0 Å². The van der Waals surface area contributed by atoms with E-state index in [4.69, 9.17) is 16.3 Å². The Bertz CT molecular complexity index is 970. The molecular weight excluding hydrogens is 445 g/mol. The summed E-state index contributed by atoms with van der Waals surface area (Å²) in [6.45, 7) is 4.44. The molecule has 2 amide bonds. The van der Waals surface area contributed by atoms with Crippen LogP contribution in [0.2, 0.25) is 5.02 Å². The smallest absolute Gasteiger partial charge is 0.254 e. The maximum Gasteiger partial charge on any atom is 0.254 e. The van der Waals surface area contributed by atoms with Gasteiger partial charge in [0.2, 0.25) is 5.91 Å². The Morgan fingerprint density at radius 1 is 1.18 bits per heavy atom. The maximum atomic E-state index is 14.8. The number of benzene rings is 2. The van der Waals surface area contributed by atoms with Crippen molar-refractivity contribution in [2.75, 3.05) is 32.8 Å². The summed E-state index contributed by atoms with van der Waals surface area (Å²) in [5, 5.41) is 3.31. The molecular formula is C25H29ClFN3O3. The lowest BCUT2D eigenvalue weighted by Crippen LogP contribution is -2.50. The molecule has 3 atom stereocenters. The Kier molecular flexibility index (Phi) is 7.63. The standard InChI is InChI=1S/C25H29ClFN3O3/c1-17-16-29(13-14-33-17)22(23-19(26)9-5-10-20(23)27)15-28-24(31)21-11-6-12-30(21)25(32)18-7-3-2-4-8-18/h2-5,7-10,17,21-22H,6,11-16H2,1H3,(H,28,31). The molecule has 8 heteroatoms. The summed E-state index contributed by atoms with van der Waals surface area (Å²) < 4.78 is 20.5. The van der Waals surface area contributed by atoms with E-state index in [1.807, 2.05) is 25.1 Å². The summed E-state index contributed by atoms with van der Waals surface area (Å²) in [5.41, 5.74) is 0.938. The van der Waals surface area contributed by atoms with Crippen molar-refractivity contribution >= 4 is 23.4 Å². The van der Waals surface area contributed by atoms with Crippen molar-refractivity contribution in [3.05, 3.63) is 70.5 Å². The number of hydrogen-bond donors (Lipinski definition) is 1. The van der Waals surface area contributed by atoms with Crippen LogP contribution in [0.5, 0.6) is 0 Å². The van der Waals surface area contributed by atoms with Crippen LogP contribution >= 0.6 is 11.6 Å². The van der Waals surface area contributed by atoms with Crippen LogP contribution in [-0.2, 0) is 9.53 Å². The van der Waals surface area contributed by atoms with E-state index in [1.54, 1.807) is 29.2 Å². The minimum absolute atomic E-state index is 0.00341. The highest BCUT2D eigenvalue weighted by Gasteiger charge is 2.36. The third-order valence-electron chi connectivity index (χ3n) is 6.35.